The summed E-state index contributed by atoms with van der Waals surface area (Å²) < 4.78 is 11.0. The number of pyridine rings is 1. The zero-order valence-corrected chi connectivity index (χ0v) is 10.9. The second-order valence-corrected chi connectivity index (χ2v) is 3.98. The summed E-state index contributed by atoms with van der Waals surface area (Å²) in [5, 5.41) is 8.97. The molecule has 0 atom stereocenters. The minimum atomic E-state index is 0.492. The molecule has 2 aromatic rings. The van der Waals surface area contributed by atoms with E-state index in [1.54, 1.807) is 30.5 Å². The molecule has 0 saturated carbocycles. The third-order valence-electron chi connectivity index (χ3n) is 2.48. The molecular formula is C15H14N2O2. The number of ether oxygens (including phenoxy) is 2. The summed E-state index contributed by atoms with van der Waals surface area (Å²) in [6, 6.07) is 10.9. The first-order chi connectivity index (χ1) is 9.22. The Labute approximate surface area is 112 Å². The molecule has 0 bridgehead atoms. The van der Waals surface area contributed by atoms with Gasteiger partial charge in [0.05, 0.1) is 12.2 Å². The summed E-state index contributed by atoms with van der Waals surface area (Å²) in [7, 11) is 0. The van der Waals surface area contributed by atoms with Crippen LogP contribution in [0.15, 0.2) is 36.5 Å². The van der Waals surface area contributed by atoms with E-state index in [0.29, 0.717) is 29.5 Å². The summed E-state index contributed by atoms with van der Waals surface area (Å²) >= 11 is 0. The topological polar surface area (TPSA) is 55.1 Å². The molecule has 0 aliphatic rings. The molecule has 96 valence electrons. The highest BCUT2D eigenvalue weighted by Gasteiger charge is 2.06. The van der Waals surface area contributed by atoms with E-state index in [9.17, 15) is 0 Å². The van der Waals surface area contributed by atoms with Gasteiger partial charge in [0, 0.05) is 18.3 Å². The Balaban J connectivity index is 2.23. The van der Waals surface area contributed by atoms with Crippen molar-refractivity contribution in [3.05, 3.63) is 47.7 Å². The molecule has 0 radical (unpaired) electrons. The van der Waals surface area contributed by atoms with Gasteiger partial charge in [-0.1, -0.05) is 6.07 Å². The molecule has 4 nitrogen and oxygen atoms in total. The van der Waals surface area contributed by atoms with E-state index in [1.165, 1.54) is 0 Å². The number of aromatic nitrogens is 1. The molecule has 0 unspecified atom stereocenters. The number of rotatable bonds is 4. The van der Waals surface area contributed by atoms with Crippen molar-refractivity contribution in [2.75, 3.05) is 6.61 Å². The summed E-state index contributed by atoms with van der Waals surface area (Å²) in [6.07, 6.45) is 1.74. The van der Waals surface area contributed by atoms with E-state index in [4.69, 9.17) is 14.7 Å². The lowest BCUT2D eigenvalue weighted by atomic mass is 10.2. The van der Waals surface area contributed by atoms with Crippen molar-refractivity contribution in [1.82, 2.24) is 4.98 Å². The molecule has 0 saturated heterocycles. The number of hydrogen-bond acceptors (Lipinski definition) is 4. The number of aryl methyl sites for hydroxylation is 1. The Kier molecular flexibility index (Phi) is 3.99. The third-order valence-corrected chi connectivity index (χ3v) is 2.48. The molecule has 1 aromatic carbocycles. The van der Waals surface area contributed by atoms with Crippen molar-refractivity contribution in [2.24, 2.45) is 0 Å². The first-order valence-electron chi connectivity index (χ1n) is 6.00. The molecule has 0 N–H and O–H groups in total. The maximum absolute atomic E-state index is 8.97. The summed E-state index contributed by atoms with van der Waals surface area (Å²) in [5.41, 5.74) is 1.56. The van der Waals surface area contributed by atoms with Crippen LogP contribution in [0.1, 0.15) is 18.1 Å². The van der Waals surface area contributed by atoms with E-state index in [1.807, 2.05) is 19.9 Å². The zero-order valence-electron chi connectivity index (χ0n) is 10.9. The highest BCUT2D eigenvalue weighted by atomic mass is 16.5. The van der Waals surface area contributed by atoms with E-state index in [0.717, 1.165) is 5.56 Å². The van der Waals surface area contributed by atoms with Gasteiger partial charge in [0.15, 0.2) is 0 Å². The molecule has 1 heterocycles. The highest BCUT2D eigenvalue weighted by molar-refractivity contribution is 5.48. The van der Waals surface area contributed by atoms with Gasteiger partial charge in [0.1, 0.15) is 17.6 Å². The van der Waals surface area contributed by atoms with Gasteiger partial charge in [-0.05, 0) is 31.5 Å². The van der Waals surface area contributed by atoms with Crippen LogP contribution >= 0.6 is 0 Å². The van der Waals surface area contributed by atoms with Gasteiger partial charge in [-0.25, -0.2) is 4.98 Å². The van der Waals surface area contributed by atoms with Crippen molar-refractivity contribution >= 4 is 0 Å². The SMILES string of the molecule is CCOc1cc(Oc2ccc(C)cn2)ccc1C#N. The minimum Gasteiger partial charge on any atom is -0.492 e. The monoisotopic (exact) mass is 254 g/mol. The number of benzene rings is 1. The van der Waals surface area contributed by atoms with Crippen LogP contribution in [0.3, 0.4) is 0 Å². The van der Waals surface area contributed by atoms with Crippen LogP contribution in [-0.2, 0) is 0 Å². The normalized spacial score (nSPS) is 9.74. The van der Waals surface area contributed by atoms with Crippen LogP contribution in [0.2, 0.25) is 0 Å². The van der Waals surface area contributed by atoms with Crippen LogP contribution in [0.5, 0.6) is 17.4 Å². The van der Waals surface area contributed by atoms with E-state index < -0.39 is 0 Å². The highest BCUT2D eigenvalue weighted by Crippen LogP contribution is 2.27. The molecule has 4 heteroatoms. The van der Waals surface area contributed by atoms with Crippen LogP contribution in [-0.4, -0.2) is 11.6 Å². The van der Waals surface area contributed by atoms with Gasteiger partial charge in [0.2, 0.25) is 5.88 Å². The van der Waals surface area contributed by atoms with Crippen molar-refractivity contribution < 1.29 is 9.47 Å². The van der Waals surface area contributed by atoms with Crippen LogP contribution in [0.4, 0.5) is 0 Å². The lowest BCUT2D eigenvalue weighted by Crippen LogP contribution is -1.95. The van der Waals surface area contributed by atoms with Crippen LogP contribution < -0.4 is 9.47 Å². The Morgan fingerprint density at radius 1 is 1.26 bits per heavy atom. The molecule has 19 heavy (non-hydrogen) atoms. The minimum absolute atomic E-state index is 0.492. The fourth-order valence-electron chi connectivity index (χ4n) is 1.57. The average Bonchev–Trinajstić information content (AvgIpc) is 2.42. The molecule has 0 spiro atoms. The standard InChI is InChI=1S/C15H14N2O2/c1-3-18-14-8-13(6-5-12(14)9-16)19-15-7-4-11(2)10-17-15/h4-8,10H,3H2,1-2H3. The fraction of sp³-hybridized carbons (Fsp3) is 0.200. The smallest absolute Gasteiger partial charge is 0.219 e. The quantitative estimate of drug-likeness (QED) is 0.838. The summed E-state index contributed by atoms with van der Waals surface area (Å²) in [5.74, 6) is 1.63. The van der Waals surface area contributed by atoms with Crippen molar-refractivity contribution in [1.29, 1.82) is 5.26 Å². The molecule has 0 amide bonds. The van der Waals surface area contributed by atoms with Gasteiger partial charge in [-0.3, -0.25) is 0 Å². The number of hydrogen-bond donors (Lipinski definition) is 0. The molecule has 0 aliphatic heterocycles. The van der Waals surface area contributed by atoms with Crippen LogP contribution in [0, 0.1) is 18.3 Å². The second kappa shape index (κ2) is 5.87. The van der Waals surface area contributed by atoms with Crippen molar-refractivity contribution in [2.45, 2.75) is 13.8 Å². The van der Waals surface area contributed by atoms with E-state index >= 15 is 0 Å². The zero-order chi connectivity index (χ0) is 13.7. The number of nitrogens with zero attached hydrogens (tertiary/aromatic N) is 2. The van der Waals surface area contributed by atoms with Gasteiger partial charge in [-0.2, -0.15) is 5.26 Å². The van der Waals surface area contributed by atoms with Crippen molar-refractivity contribution in [3.63, 3.8) is 0 Å². The van der Waals surface area contributed by atoms with Gasteiger partial charge >= 0.3 is 0 Å². The predicted octanol–water partition coefficient (Wildman–Crippen LogP) is 3.45. The molecular weight excluding hydrogens is 240 g/mol. The molecule has 1 aromatic heterocycles. The maximum atomic E-state index is 8.97. The Bertz CT molecular complexity index is 601. The van der Waals surface area contributed by atoms with Crippen molar-refractivity contribution in [3.8, 4) is 23.4 Å². The van der Waals surface area contributed by atoms with E-state index in [-0.39, 0.29) is 0 Å². The van der Waals surface area contributed by atoms with Crippen LogP contribution in [0.25, 0.3) is 0 Å². The summed E-state index contributed by atoms with van der Waals surface area (Å²) in [6.45, 7) is 4.34. The molecule has 2 rings (SSSR count). The summed E-state index contributed by atoms with van der Waals surface area (Å²) in [4.78, 5) is 4.16. The first kappa shape index (κ1) is 12.9. The Morgan fingerprint density at radius 3 is 2.74 bits per heavy atom. The predicted molar refractivity (Wildman–Crippen MR) is 71.4 cm³/mol. The second-order valence-electron chi connectivity index (χ2n) is 3.98. The first-order valence-corrected chi connectivity index (χ1v) is 6.00. The van der Waals surface area contributed by atoms with Gasteiger partial charge < -0.3 is 9.47 Å². The molecule has 0 aliphatic carbocycles. The lowest BCUT2D eigenvalue weighted by molar-refractivity contribution is 0.337. The average molecular weight is 254 g/mol. The van der Waals surface area contributed by atoms with E-state index in [2.05, 4.69) is 11.1 Å². The largest absolute Gasteiger partial charge is 0.492 e. The van der Waals surface area contributed by atoms with Gasteiger partial charge in [-0.15, -0.1) is 0 Å². The Morgan fingerprint density at radius 2 is 2.11 bits per heavy atom. The third kappa shape index (κ3) is 3.23. The van der Waals surface area contributed by atoms with Gasteiger partial charge in [0.25, 0.3) is 0 Å². The fourth-order valence-corrected chi connectivity index (χ4v) is 1.57. The lowest BCUT2D eigenvalue weighted by Gasteiger charge is -2.09. The number of nitriles is 1. The molecule has 0 fully saturated rings. The Hall–Kier alpha value is -2.54. The maximum Gasteiger partial charge on any atom is 0.219 e.